The smallest absolute Gasteiger partial charge is 0.338 e. The van der Waals surface area contributed by atoms with Crippen molar-refractivity contribution in [2.75, 3.05) is 7.11 Å². The number of ether oxygens (including phenoxy) is 1. The minimum absolute atomic E-state index is 0.0571. The van der Waals surface area contributed by atoms with Gasteiger partial charge >= 0.3 is 5.97 Å². The van der Waals surface area contributed by atoms with Crippen molar-refractivity contribution in [1.82, 2.24) is 0 Å². The molecule has 0 fully saturated rings. The molecule has 6 heteroatoms. The fraction of sp³-hybridized carbons (Fsp3) is 0.0909. The van der Waals surface area contributed by atoms with Crippen LogP contribution in [0.25, 0.3) is 0 Å². The molecular formula is C11H6N2O4. The van der Waals surface area contributed by atoms with Gasteiger partial charge in [-0.05, 0) is 18.1 Å². The molecule has 0 radical (unpaired) electrons. The normalized spacial score (nSPS) is 8.47. The third-order valence-corrected chi connectivity index (χ3v) is 1.87. The lowest BCUT2D eigenvalue weighted by atomic mass is 10.1. The Balaban J connectivity index is 3.33. The van der Waals surface area contributed by atoms with Gasteiger partial charge < -0.3 is 4.74 Å². The van der Waals surface area contributed by atoms with Crippen molar-refractivity contribution in [1.29, 1.82) is 5.26 Å². The number of rotatable bonds is 2. The number of esters is 1. The van der Waals surface area contributed by atoms with E-state index in [1.165, 1.54) is 19.2 Å². The number of nitrogens with zero attached hydrogens (tertiary/aromatic N) is 2. The molecular weight excluding hydrogens is 224 g/mol. The van der Waals surface area contributed by atoms with Gasteiger partial charge in [-0.3, -0.25) is 10.1 Å². The topological polar surface area (TPSA) is 93.2 Å². The molecule has 17 heavy (non-hydrogen) atoms. The molecule has 0 aromatic heterocycles. The van der Waals surface area contributed by atoms with Crippen LogP contribution in [0.3, 0.4) is 0 Å². The monoisotopic (exact) mass is 230 g/mol. The van der Waals surface area contributed by atoms with Gasteiger partial charge in [-0.15, -0.1) is 0 Å². The van der Waals surface area contributed by atoms with Crippen molar-refractivity contribution < 1.29 is 14.5 Å². The minimum atomic E-state index is -0.673. The quantitative estimate of drug-likeness (QED) is 0.330. The highest BCUT2D eigenvalue weighted by molar-refractivity contribution is 5.90. The van der Waals surface area contributed by atoms with E-state index in [4.69, 9.17) is 5.26 Å². The first-order chi connectivity index (χ1) is 8.10. The zero-order valence-corrected chi connectivity index (χ0v) is 8.76. The molecule has 0 amide bonds. The number of nitro groups is 1. The molecule has 0 unspecified atom stereocenters. The number of carbonyl (C=O) groups excluding carboxylic acids is 1. The van der Waals surface area contributed by atoms with E-state index < -0.39 is 10.9 Å². The molecule has 0 N–H and O–H groups in total. The van der Waals surface area contributed by atoms with Gasteiger partial charge in [0.2, 0.25) is 0 Å². The molecule has 1 aromatic rings. The summed E-state index contributed by atoms with van der Waals surface area (Å²) in [5, 5.41) is 19.0. The van der Waals surface area contributed by atoms with Crippen molar-refractivity contribution in [3.8, 4) is 17.9 Å². The molecule has 0 aliphatic carbocycles. The summed E-state index contributed by atoms with van der Waals surface area (Å²) >= 11 is 0. The number of methoxy groups -OCH3 is 1. The predicted molar refractivity (Wildman–Crippen MR) is 56.9 cm³/mol. The summed E-state index contributed by atoms with van der Waals surface area (Å²) in [5.41, 5.74) is -0.207. The number of carbonyl (C=O) groups is 1. The average Bonchev–Trinajstić information content (AvgIpc) is 2.35. The Kier molecular flexibility index (Phi) is 3.80. The molecule has 1 rings (SSSR count). The van der Waals surface area contributed by atoms with Gasteiger partial charge in [-0.1, -0.05) is 0 Å². The predicted octanol–water partition coefficient (Wildman–Crippen LogP) is 1.26. The summed E-state index contributed by atoms with van der Waals surface area (Å²) in [6.07, 6.45) is 0. The van der Waals surface area contributed by atoms with E-state index in [-0.39, 0.29) is 16.8 Å². The average molecular weight is 230 g/mol. The van der Waals surface area contributed by atoms with E-state index in [1.54, 1.807) is 6.07 Å². The fourth-order valence-electron chi connectivity index (χ4n) is 1.13. The maximum Gasteiger partial charge on any atom is 0.338 e. The lowest BCUT2D eigenvalue weighted by Crippen LogP contribution is -2.03. The molecule has 0 heterocycles. The van der Waals surface area contributed by atoms with Crippen molar-refractivity contribution in [2.24, 2.45) is 0 Å². The Hall–Kier alpha value is -2.86. The number of hydrogen-bond acceptors (Lipinski definition) is 5. The van der Waals surface area contributed by atoms with Crippen LogP contribution in [0.1, 0.15) is 15.9 Å². The summed E-state index contributed by atoms with van der Waals surface area (Å²) in [6, 6.07) is 5.27. The van der Waals surface area contributed by atoms with Gasteiger partial charge in [0.15, 0.2) is 6.07 Å². The second-order valence-electron chi connectivity index (χ2n) is 2.84. The molecule has 0 spiro atoms. The summed E-state index contributed by atoms with van der Waals surface area (Å²) in [5.74, 6) is 3.71. The van der Waals surface area contributed by atoms with Gasteiger partial charge in [-0.25, -0.2) is 4.79 Å². The molecule has 84 valence electrons. The zero-order chi connectivity index (χ0) is 12.8. The summed E-state index contributed by atoms with van der Waals surface area (Å²) in [6.45, 7) is 0. The Labute approximate surface area is 96.6 Å². The highest BCUT2D eigenvalue weighted by atomic mass is 16.6. The van der Waals surface area contributed by atoms with Crippen LogP contribution in [0, 0.1) is 33.3 Å². The number of nitro benzene ring substituents is 1. The van der Waals surface area contributed by atoms with Gasteiger partial charge in [0, 0.05) is 12.0 Å². The van der Waals surface area contributed by atoms with E-state index in [2.05, 4.69) is 16.6 Å². The molecule has 1 aromatic carbocycles. The molecule has 6 nitrogen and oxygen atoms in total. The van der Waals surface area contributed by atoms with Gasteiger partial charge in [0.1, 0.15) is 5.56 Å². The highest BCUT2D eigenvalue weighted by Crippen LogP contribution is 2.19. The second-order valence-corrected chi connectivity index (χ2v) is 2.84. The summed E-state index contributed by atoms with van der Waals surface area (Å²) < 4.78 is 4.44. The number of hydrogen-bond donors (Lipinski definition) is 0. The van der Waals surface area contributed by atoms with Gasteiger partial charge in [-0.2, -0.15) is 5.26 Å². The Morgan fingerprint density at radius 2 is 2.24 bits per heavy atom. The van der Waals surface area contributed by atoms with Crippen molar-refractivity contribution in [3.05, 3.63) is 39.4 Å². The minimum Gasteiger partial charge on any atom is -0.465 e. The Morgan fingerprint density at radius 1 is 1.53 bits per heavy atom. The van der Waals surface area contributed by atoms with Crippen LogP contribution < -0.4 is 0 Å². The molecule has 0 saturated carbocycles. The Bertz CT molecular complexity index is 575. The van der Waals surface area contributed by atoms with Crippen LogP contribution in [-0.4, -0.2) is 18.0 Å². The molecule has 0 saturated heterocycles. The first-order valence-electron chi connectivity index (χ1n) is 4.37. The Morgan fingerprint density at radius 3 is 2.76 bits per heavy atom. The maximum absolute atomic E-state index is 11.2. The standard InChI is InChI=1S/C11H6N2O4/c1-17-11(14)9-5-4-8(3-2-6-12)10(7-9)13(15)16/h4-5,7H,1H3. The third kappa shape index (κ3) is 2.80. The zero-order valence-electron chi connectivity index (χ0n) is 8.76. The summed E-state index contributed by atoms with van der Waals surface area (Å²) in [7, 11) is 1.18. The maximum atomic E-state index is 11.2. The van der Waals surface area contributed by atoms with Crippen molar-refractivity contribution in [2.45, 2.75) is 0 Å². The first-order valence-corrected chi connectivity index (χ1v) is 4.37. The second kappa shape index (κ2) is 5.29. The SMILES string of the molecule is COC(=O)c1ccc(C#CC#N)c([N+](=O)[O-])c1. The lowest BCUT2D eigenvalue weighted by molar-refractivity contribution is -0.385. The van der Waals surface area contributed by atoms with E-state index in [0.717, 1.165) is 6.07 Å². The fourth-order valence-corrected chi connectivity index (χ4v) is 1.13. The molecule has 0 aliphatic rings. The number of nitriles is 1. The highest BCUT2D eigenvalue weighted by Gasteiger charge is 2.16. The van der Waals surface area contributed by atoms with Crippen molar-refractivity contribution in [3.63, 3.8) is 0 Å². The largest absolute Gasteiger partial charge is 0.465 e. The van der Waals surface area contributed by atoms with Gasteiger partial charge in [0.25, 0.3) is 5.69 Å². The lowest BCUT2D eigenvalue weighted by Gasteiger charge is -2.00. The van der Waals surface area contributed by atoms with E-state index in [9.17, 15) is 14.9 Å². The van der Waals surface area contributed by atoms with Crippen LogP contribution in [-0.2, 0) is 4.74 Å². The van der Waals surface area contributed by atoms with E-state index in [1.807, 2.05) is 0 Å². The van der Waals surface area contributed by atoms with Crippen LogP contribution in [0.5, 0.6) is 0 Å². The first kappa shape index (κ1) is 12.2. The van der Waals surface area contributed by atoms with Gasteiger partial charge in [0.05, 0.1) is 17.6 Å². The van der Waals surface area contributed by atoms with E-state index >= 15 is 0 Å². The van der Waals surface area contributed by atoms with Crippen LogP contribution in [0.15, 0.2) is 18.2 Å². The van der Waals surface area contributed by atoms with Crippen LogP contribution in [0.2, 0.25) is 0 Å². The molecule has 0 atom stereocenters. The molecule has 0 bridgehead atoms. The summed E-state index contributed by atoms with van der Waals surface area (Å²) in [4.78, 5) is 21.3. The van der Waals surface area contributed by atoms with Crippen LogP contribution in [0.4, 0.5) is 5.69 Å². The van der Waals surface area contributed by atoms with E-state index in [0.29, 0.717) is 0 Å². The van der Waals surface area contributed by atoms with Crippen LogP contribution >= 0.6 is 0 Å². The molecule has 0 aliphatic heterocycles. The third-order valence-electron chi connectivity index (χ3n) is 1.87. The number of benzene rings is 1. The van der Waals surface area contributed by atoms with Crippen molar-refractivity contribution >= 4 is 11.7 Å².